The first-order chi connectivity index (χ1) is 10.3. The molecule has 0 aliphatic carbocycles. The Hall–Kier alpha value is -2.28. The van der Waals surface area contributed by atoms with Crippen LogP contribution in [0.1, 0.15) is 13.8 Å². The number of methoxy groups -OCH3 is 1. The summed E-state index contributed by atoms with van der Waals surface area (Å²) in [5.74, 6) is -0.0353. The van der Waals surface area contributed by atoms with Gasteiger partial charge in [0.25, 0.3) is 5.91 Å². The van der Waals surface area contributed by atoms with Crippen LogP contribution in [-0.4, -0.2) is 44.2 Å². The van der Waals surface area contributed by atoms with Gasteiger partial charge in [0, 0.05) is 25.4 Å². The Kier molecular flexibility index (Phi) is 4.56. The Labute approximate surface area is 129 Å². The number of hydrogen-bond donors (Lipinski definition) is 2. The minimum atomic E-state index is -1.05. The second-order valence-electron chi connectivity index (χ2n) is 5.57. The number of fused-ring (bicyclic) bond motifs is 1. The van der Waals surface area contributed by atoms with Crippen molar-refractivity contribution in [3.8, 4) is 5.75 Å². The molecule has 120 valence electrons. The van der Waals surface area contributed by atoms with Crippen molar-refractivity contribution in [2.75, 3.05) is 37.4 Å². The molecule has 0 saturated carbocycles. The zero-order chi connectivity index (χ0) is 16.3. The lowest BCUT2D eigenvalue weighted by molar-refractivity contribution is -0.134. The van der Waals surface area contributed by atoms with Crippen molar-refractivity contribution >= 4 is 23.2 Å². The molecule has 1 aromatic rings. The van der Waals surface area contributed by atoms with Crippen molar-refractivity contribution in [1.82, 2.24) is 5.32 Å². The van der Waals surface area contributed by atoms with Crippen molar-refractivity contribution in [3.05, 3.63) is 18.2 Å². The van der Waals surface area contributed by atoms with Crippen molar-refractivity contribution in [2.45, 2.75) is 19.4 Å². The van der Waals surface area contributed by atoms with E-state index in [4.69, 9.17) is 15.2 Å². The van der Waals surface area contributed by atoms with E-state index in [9.17, 15) is 9.59 Å². The summed E-state index contributed by atoms with van der Waals surface area (Å²) >= 11 is 0. The summed E-state index contributed by atoms with van der Waals surface area (Å²) in [4.78, 5) is 25.9. The van der Waals surface area contributed by atoms with Gasteiger partial charge < -0.3 is 20.5 Å². The predicted molar refractivity (Wildman–Crippen MR) is 82.8 cm³/mol. The number of carbonyl (C=O) groups is 2. The number of nitrogens with one attached hydrogen (secondary N) is 1. The fourth-order valence-electron chi connectivity index (χ4n) is 2.24. The van der Waals surface area contributed by atoms with Gasteiger partial charge in [-0.1, -0.05) is 0 Å². The molecule has 3 N–H and O–H groups in total. The van der Waals surface area contributed by atoms with Crippen LogP contribution in [0.2, 0.25) is 0 Å². The second-order valence-corrected chi connectivity index (χ2v) is 5.57. The molecular formula is C15H21N3O4. The molecule has 0 atom stereocenters. The molecule has 22 heavy (non-hydrogen) atoms. The van der Waals surface area contributed by atoms with Gasteiger partial charge in [-0.05, 0) is 26.0 Å². The van der Waals surface area contributed by atoms with Crippen LogP contribution in [0, 0.1) is 0 Å². The maximum absolute atomic E-state index is 12.5. The fourth-order valence-corrected chi connectivity index (χ4v) is 2.24. The quantitative estimate of drug-likeness (QED) is 0.611. The van der Waals surface area contributed by atoms with Gasteiger partial charge in [0.15, 0.2) is 5.60 Å². The average molecular weight is 307 g/mol. The predicted octanol–water partition coefficient (Wildman–Crippen LogP) is 0.535. The number of ether oxygens (including phenoxy) is 2. The van der Waals surface area contributed by atoms with Crippen LogP contribution < -0.4 is 20.7 Å². The van der Waals surface area contributed by atoms with E-state index in [0.29, 0.717) is 30.3 Å². The van der Waals surface area contributed by atoms with E-state index in [0.717, 1.165) is 0 Å². The SMILES string of the molecule is COCCNC(=O)CN1C(=O)C(C)(C)Oc2cc(N)ccc21. The highest BCUT2D eigenvalue weighted by Crippen LogP contribution is 2.38. The van der Waals surface area contributed by atoms with Crippen molar-refractivity contribution in [1.29, 1.82) is 0 Å². The number of hydrogen-bond acceptors (Lipinski definition) is 5. The molecule has 7 nitrogen and oxygen atoms in total. The summed E-state index contributed by atoms with van der Waals surface area (Å²) in [5.41, 5.74) is 5.79. The van der Waals surface area contributed by atoms with E-state index in [1.165, 1.54) is 4.90 Å². The van der Waals surface area contributed by atoms with Gasteiger partial charge in [0.2, 0.25) is 5.91 Å². The number of nitrogens with two attached hydrogens (primary N) is 1. The van der Waals surface area contributed by atoms with Gasteiger partial charge in [-0.15, -0.1) is 0 Å². The van der Waals surface area contributed by atoms with Crippen LogP contribution >= 0.6 is 0 Å². The maximum Gasteiger partial charge on any atom is 0.271 e. The first-order valence-corrected chi connectivity index (χ1v) is 7.01. The molecule has 0 radical (unpaired) electrons. The Balaban J connectivity index is 2.22. The lowest BCUT2D eigenvalue weighted by atomic mass is 10.0. The summed E-state index contributed by atoms with van der Waals surface area (Å²) in [6.07, 6.45) is 0. The average Bonchev–Trinajstić information content (AvgIpc) is 2.43. The second kappa shape index (κ2) is 6.23. The highest BCUT2D eigenvalue weighted by atomic mass is 16.5. The summed E-state index contributed by atoms with van der Waals surface area (Å²) in [7, 11) is 1.56. The van der Waals surface area contributed by atoms with E-state index in [1.807, 2.05) is 0 Å². The van der Waals surface area contributed by atoms with E-state index in [-0.39, 0.29) is 18.4 Å². The lowest BCUT2D eigenvalue weighted by Gasteiger charge is -2.38. The summed E-state index contributed by atoms with van der Waals surface area (Å²) in [6.45, 7) is 4.06. The normalized spacial score (nSPS) is 16.0. The zero-order valence-electron chi connectivity index (χ0n) is 13.0. The molecule has 0 unspecified atom stereocenters. The van der Waals surface area contributed by atoms with Gasteiger partial charge in [0.05, 0.1) is 12.3 Å². The van der Waals surface area contributed by atoms with Gasteiger partial charge in [-0.25, -0.2) is 0 Å². The molecule has 1 aliphatic rings. The molecule has 0 spiro atoms. The van der Waals surface area contributed by atoms with Crippen LogP contribution in [0.5, 0.6) is 5.75 Å². The summed E-state index contributed by atoms with van der Waals surface area (Å²) in [6, 6.07) is 5.00. The Morgan fingerprint density at radius 1 is 1.45 bits per heavy atom. The molecule has 0 saturated heterocycles. The third kappa shape index (κ3) is 3.30. The van der Waals surface area contributed by atoms with E-state index in [1.54, 1.807) is 39.2 Å². The summed E-state index contributed by atoms with van der Waals surface area (Å²) < 4.78 is 10.6. The third-order valence-corrected chi connectivity index (χ3v) is 3.33. The summed E-state index contributed by atoms with van der Waals surface area (Å²) in [5, 5.41) is 2.70. The highest BCUT2D eigenvalue weighted by molar-refractivity contribution is 6.05. The zero-order valence-corrected chi connectivity index (χ0v) is 13.0. The van der Waals surface area contributed by atoms with Crippen LogP contribution in [0.15, 0.2) is 18.2 Å². The van der Waals surface area contributed by atoms with Gasteiger partial charge in [-0.2, -0.15) is 0 Å². The number of nitrogen functional groups attached to an aromatic ring is 1. The topological polar surface area (TPSA) is 93.9 Å². The minimum absolute atomic E-state index is 0.0771. The fraction of sp³-hybridized carbons (Fsp3) is 0.467. The first-order valence-electron chi connectivity index (χ1n) is 7.01. The number of carbonyl (C=O) groups excluding carboxylic acids is 2. The third-order valence-electron chi connectivity index (χ3n) is 3.33. The van der Waals surface area contributed by atoms with Crippen LogP contribution in [0.3, 0.4) is 0 Å². The standard InChI is InChI=1S/C15H21N3O4/c1-15(2)14(20)18(9-13(19)17-6-7-21-3)11-5-4-10(16)8-12(11)22-15/h4-5,8H,6-7,9,16H2,1-3H3,(H,17,19). The van der Waals surface area contributed by atoms with Crippen molar-refractivity contribution in [2.24, 2.45) is 0 Å². The molecule has 0 fully saturated rings. The molecule has 2 rings (SSSR count). The van der Waals surface area contributed by atoms with E-state index < -0.39 is 5.60 Å². The first kappa shape index (κ1) is 16.1. The Morgan fingerprint density at radius 2 is 2.18 bits per heavy atom. The van der Waals surface area contributed by atoms with Crippen LogP contribution in [0.4, 0.5) is 11.4 Å². The lowest BCUT2D eigenvalue weighted by Crippen LogP contribution is -2.55. The molecule has 2 amide bonds. The number of nitrogens with zero attached hydrogens (tertiary/aromatic N) is 1. The molecule has 1 aromatic carbocycles. The van der Waals surface area contributed by atoms with Gasteiger partial charge in [0.1, 0.15) is 12.3 Å². The molecule has 1 heterocycles. The van der Waals surface area contributed by atoms with E-state index >= 15 is 0 Å². The van der Waals surface area contributed by atoms with E-state index in [2.05, 4.69) is 5.32 Å². The van der Waals surface area contributed by atoms with Gasteiger partial charge >= 0.3 is 0 Å². The highest BCUT2D eigenvalue weighted by Gasteiger charge is 2.41. The number of amides is 2. The van der Waals surface area contributed by atoms with Crippen LogP contribution in [0.25, 0.3) is 0 Å². The largest absolute Gasteiger partial charge is 0.476 e. The smallest absolute Gasteiger partial charge is 0.271 e. The van der Waals surface area contributed by atoms with Crippen molar-refractivity contribution < 1.29 is 19.1 Å². The molecular weight excluding hydrogens is 286 g/mol. The molecule has 7 heteroatoms. The number of anilines is 2. The Morgan fingerprint density at radius 3 is 2.86 bits per heavy atom. The van der Waals surface area contributed by atoms with Crippen molar-refractivity contribution in [3.63, 3.8) is 0 Å². The number of benzene rings is 1. The maximum atomic E-state index is 12.5. The Bertz CT molecular complexity index is 586. The molecule has 0 bridgehead atoms. The minimum Gasteiger partial charge on any atom is -0.476 e. The molecule has 0 aromatic heterocycles. The van der Waals surface area contributed by atoms with Crippen LogP contribution in [-0.2, 0) is 14.3 Å². The number of rotatable bonds is 5. The molecule has 1 aliphatic heterocycles. The monoisotopic (exact) mass is 307 g/mol. The van der Waals surface area contributed by atoms with Gasteiger partial charge in [-0.3, -0.25) is 14.5 Å².